The topological polar surface area (TPSA) is 42.7 Å². The first kappa shape index (κ1) is 15.5. The molecule has 0 aliphatic carbocycles. The van der Waals surface area contributed by atoms with Crippen molar-refractivity contribution < 1.29 is 13.2 Å². The van der Waals surface area contributed by atoms with Crippen molar-refractivity contribution in [3.05, 3.63) is 41.2 Å². The summed E-state index contributed by atoms with van der Waals surface area (Å²) in [5.41, 5.74) is 1.07. The first-order valence-electron chi connectivity index (χ1n) is 6.60. The Balaban J connectivity index is 2.29. The molecule has 2 rings (SSSR count). The predicted octanol–water partition coefficient (Wildman–Crippen LogP) is 3.09. The van der Waals surface area contributed by atoms with Crippen molar-refractivity contribution in [2.45, 2.75) is 39.5 Å². The third-order valence-electron chi connectivity index (χ3n) is 3.02. The summed E-state index contributed by atoms with van der Waals surface area (Å²) in [5, 5.41) is 11.1. The van der Waals surface area contributed by atoms with E-state index < -0.39 is 11.7 Å². The van der Waals surface area contributed by atoms with Gasteiger partial charge in [0.05, 0.1) is 23.1 Å². The van der Waals surface area contributed by atoms with Crippen LogP contribution in [0.3, 0.4) is 0 Å². The molecule has 1 heterocycles. The van der Waals surface area contributed by atoms with Crippen molar-refractivity contribution in [3.8, 4) is 5.69 Å². The molecule has 0 atom stereocenters. The lowest BCUT2D eigenvalue weighted by molar-refractivity contribution is -0.137. The summed E-state index contributed by atoms with van der Waals surface area (Å²) in [4.78, 5) is 0. The van der Waals surface area contributed by atoms with Crippen LogP contribution in [-0.2, 0) is 12.7 Å². The lowest BCUT2D eigenvalue weighted by Crippen LogP contribution is -2.21. The van der Waals surface area contributed by atoms with Crippen LogP contribution in [0, 0.1) is 6.92 Å². The van der Waals surface area contributed by atoms with Crippen LogP contribution in [0.2, 0.25) is 0 Å². The molecule has 2 aromatic rings. The Morgan fingerprint density at radius 1 is 1.29 bits per heavy atom. The third kappa shape index (κ3) is 3.81. The summed E-state index contributed by atoms with van der Waals surface area (Å²) in [6.07, 6.45) is -2.73. The minimum absolute atomic E-state index is 0.297. The fourth-order valence-electron chi connectivity index (χ4n) is 1.84. The molecule has 4 nitrogen and oxygen atoms in total. The highest BCUT2D eigenvalue weighted by atomic mass is 19.4. The molecule has 21 heavy (non-hydrogen) atoms. The third-order valence-corrected chi connectivity index (χ3v) is 3.02. The molecule has 0 saturated carbocycles. The Kier molecular flexibility index (Phi) is 4.32. The lowest BCUT2D eigenvalue weighted by Gasteiger charge is -2.10. The first-order chi connectivity index (χ1) is 9.77. The highest BCUT2D eigenvalue weighted by Gasteiger charge is 2.31. The van der Waals surface area contributed by atoms with E-state index in [1.807, 2.05) is 13.8 Å². The minimum Gasteiger partial charge on any atom is -0.309 e. The van der Waals surface area contributed by atoms with Crippen molar-refractivity contribution in [1.82, 2.24) is 20.3 Å². The lowest BCUT2D eigenvalue weighted by atomic mass is 10.1. The van der Waals surface area contributed by atoms with Gasteiger partial charge >= 0.3 is 6.18 Å². The second-order valence-electron chi connectivity index (χ2n) is 5.19. The van der Waals surface area contributed by atoms with Gasteiger partial charge in [0.25, 0.3) is 0 Å². The summed E-state index contributed by atoms with van der Waals surface area (Å²) in [7, 11) is 0. The van der Waals surface area contributed by atoms with Gasteiger partial charge in [-0.2, -0.15) is 13.2 Å². The van der Waals surface area contributed by atoms with Gasteiger partial charge in [0.1, 0.15) is 0 Å². The summed E-state index contributed by atoms with van der Waals surface area (Å²) in [6, 6.07) is 3.89. The molecule has 0 saturated heterocycles. The molecular formula is C14H17F3N4. The number of aryl methyl sites for hydroxylation is 1. The Hall–Kier alpha value is -1.89. The van der Waals surface area contributed by atoms with Crippen molar-refractivity contribution >= 4 is 0 Å². The monoisotopic (exact) mass is 298 g/mol. The molecule has 0 spiro atoms. The SMILES string of the molecule is Cc1ccc(C(F)(F)F)cc1-n1cc(CNC(C)C)nn1. The molecule has 7 heteroatoms. The predicted molar refractivity (Wildman–Crippen MR) is 73.1 cm³/mol. The summed E-state index contributed by atoms with van der Waals surface area (Å²) in [5.74, 6) is 0. The maximum absolute atomic E-state index is 12.8. The Labute approximate surface area is 121 Å². The normalized spacial score (nSPS) is 12.1. The summed E-state index contributed by atoms with van der Waals surface area (Å²) < 4.78 is 39.7. The van der Waals surface area contributed by atoms with Crippen LogP contribution in [0.15, 0.2) is 24.4 Å². The van der Waals surface area contributed by atoms with Gasteiger partial charge in [0, 0.05) is 12.6 Å². The number of hydrogen-bond donors (Lipinski definition) is 1. The molecule has 0 bridgehead atoms. The molecule has 0 unspecified atom stereocenters. The largest absolute Gasteiger partial charge is 0.416 e. The van der Waals surface area contributed by atoms with Crippen molar-refractivity contribution in [2.24, 2.45) is 0 Å². The second-order valence-corrected chi connectivity index (χ2v) is 5.19. The molecule has 0 radical (unpaired) electrons. The number of alkyl halides is 3. The van der Waals surface area contributed by atoms with Crippen LogP contribution < -0.4 is 5.32 Å². The molecular weight excluding hydrogens is 281 g/mol. The van der Waals surface area contributed by atoms with E-state index in [1.165, 1.54) is 10.7 Å². The van der Waals surface area contributed by atoms with Crippen LogP contribution in [0.25, 0.3) is 5.69 Å². The van der Waals surface area contributed by atoms with Crippen LogP contribution in [0.5, 0.6) is 0 Å². The van der Waals surface area contributed by atoms with Crippen molar-refractivity contribution in [1.29, 1.82) is 0 Å². The molecule has 0 amide bonds. The zero-order valence-electron chi connectivity index (χ0n) is 12.1. The van der Waals surface area contributed by atoms with E-state index in [4.69, 9.17) is 0 Å². The van der Waals surface area contributed by atoms with Gasteiger partial charge in [-0.05, 0) is 24.6 Å². The van der Waals surface area contributed by atoms with Crippen LogP contribution in [0.4, 0.5) is 13.2 Å². The van der Waals surface area contributed by atoms with Gasteiger partial charge in [-0.1, -0.05) is 25.1 Å². The van der Waals surface area contributed by atoms with Gasteiger partial charge in [-0.15, -0.1) is 5.10 Å². The van der Waals surface area contributed by atoms with E-state index in [-0.39, 0.29) is 0 Å². The molecule has 0 aliphatic rings. The van der Waals surface area contributed by atoms with E-state index in [0.717, 1.165) is 12.1 Å². The smallest absolute Gasteiger partial charge is 0.309 e. The number of nitrogens with one attached hydrogen (secondary N) is 1. The molecule has 1 aromatic heterocycles. The molecule has 114 valence electrons. The van der Waals surface area contributed by atoms with Crippen LogP contribution >= 0.6 is 0 Å². The highest BCUT2D eigenvalue weighted by Crippen LogP contribution is 2.31. The van der Waals surface area contributed by atoms with E-state index >= 15 is 0 Å². The average molecular weight is 298 g/mol. The summed E-state index contributed by atoms with van der Waals surface area (Å²) in [6.45, 7) is 6.27. The first-order valence-corrected chi connectivity index (χ1v) is 6.60. The van der Waals surface area contributed by atoms with E-state index in [9.17, 15) is 13.2 Å². The number of hydrogen-bond acceptors (Lipinski definition) is 3. The zero-order chi connectivity index (χ0) is 15.6. The molecule has 1 N–H and O–H groups in total. The quantitative estimate of drug-likeness (QED) is 0.943. The maximum Gasteiger partial charge on any atom is 0.416 e. The van der Waals surface area contributed by atoms with Crippen molar-refractivity contribution in [2.75, 3.05) is 0 Å². The van der Waals surface area contributed by atoms with E-state index in [2.05, 4.69) is 15.6 Å². The number of aromatic nitrogens is 3. The molecule has 0 fully saturated rings. The fraction of sp³-hybridized carbons (Fsp3) is 0.429. The van der Waals surface area contributed by atoms with Crippen molar-refractivity contribution in [3.63, 3.8) is 0 Å². The Bertz CT molecular complexity index is 617. The molecule has 1 aromatic carbocycles. The van der Waals surface area contributed by atoms with Gasteiger partial charge in [0.2, 0.25) is 0 Å². The number of nitrogens with zero attached hydrogens (tertiary/aromatic N) is 3. The van der Waals surface area contributed by atoms with Crippen LogP contribution in [0.1, 0.15) is 30.7 Å². The minimum atomic E-state index is -4.37. The van der Waals surface area contributed by atoms with E-state index in [1.54, 1.807) is 13.1 Å². The zero-order valence-corrected chi connectivity index (χ0v) is 12.1. The Morgan fingerprint density at radius 3 is 2.62 bits per heavy atom. The fourth-order valence-corrected chi connectivity index (χ4v) is 1.84. The summed E-state index contributed by atoms with van der Waals surface area (Å²) >= 11 is 0. The standard InChI is InChI=1S/C14H17F3N4/c1-9(2)18-7-12-8-21(20-19-12)13-6-11(14(15,16)17)5-4-10(13)3/h4-6,8-9,18H,7H2,1-3H3. The number of rotatable bonds is 4. The van der Waals surface area contributed by atoms with E-state index in [0.29, 0.717) is 29.5 Å². The number of halogens is 3. The van der Waals surface area contributed by atoms with Gasteiger partial charge in [0.15, 0.2) is 0 Å². The molecule has 0 aliphatic heterocycles. The van der Waals surface area contributed by atoms with Gasteiger partial charge < -0.3 is 5.32 Å². The number of benzene rings is 1. The Morgan fingerprint density at radius 2 is 2.00 bits per heavy atom. The average Bonchev–Trinajstić information content (AvgIpc) is 2.84. The maximum atomic E-state index is 12.8. The van der Waals surface area contributed by atoms with Gasteiger partial charge in [-0.3, -0.25) is 0 Å². The highest BCUT2D eigenvalue weighted by molar-refractivity contribution is 5.43. The van der Waals surface area contributed by atoms with Gasteiger partial charge in [-0.25, -0.2) is 4.68 Å². The second kappa shape index (κ2) is 5.85. The van der Waals surface area contributed by atoms with Crippen LogP contribution in [-0.4, -0.2) is 21.0 Å².